The van der Waals surface area contributed by atoms with Crippen LogP contribution in [0.3, 0.4) is 0 Å². The minimum absolute atomic E-state index is 0.236. The Morgan fingerprint density at radius 3 is 2.21 bits per heavy atom. The highest BCUT2D eigenvalue weighted by Crippen LogP contribution is 2.40. The molecular weight excluding hydrogens is 350 g/mol. The van der Waals surface area contributed by atoms with Crippen LogP contribution in [0.25, 0.3) is 11.1 Å². The summed E-state index contributed by atoms with van der Waals surface area (Å²) in [5, 5.41) is 1.83. The Morgan fingerprint density at radius 1 is 0.929 bits per heavy atom. The van der Waals surface area contributed by atoms with Gasteiger partial charge in [0, 0.05) is 0 Å². The maximum absolute atomic E-state index is 12.4. The van der Waals surface area contributed by atoms with Gasteiger partial charge in [-0.1, -0.05) is 72.3 Å². The molecular formula is C24H23NO3. The molecule has 0 spiro atoms. The number of hydrogen-bond acceptors (Lipinski definition) is 4. The van der Waals surface area contributed by atoms with Crippen LogP contribution >= 0.6 is 0 Å². The summed E-state index contributed by atoms with van der Waals surface area (Å²) in [5.74, 6) is -0.638. The second-order valence-corrected chi connectivity index (χ2v) is 7.02. The summed E-state index contributed by atoms with van der Waals surface area (Å²) >= 11 is 0. The number of aryl methyl sites for hydroxylation is 1. The van der Waals surface area contributed by atoms with E-state index in [1.165, 1.54) is 12.7 Å². The lowest BCUT2D eigenvalue weighted by Crippen LogP contribution is -2.28. The summed E-state index contributed by atoms with van der Waals surface area (Å²) in [5.41, 5.74) is 5.43. The predicted octanol–water partition coefficient (Wildman–Crippen LogP) is 4.94. The van der Waals surface area contributed by atoms with Crippen LogP contribution in [0.4, 0.5) is 5.69 Å². The number of hydrogen-bond donors (Lipinski definition) is 0. The fraction of sp³-hybridized carbons (Fsp3) is 0.208. The first kappa shape index (κ1) is 18.3. The van der Waals surface area contributed by atoms with Crippen LogP contribution in [0.1, 0.15) is 17.2 Å². The number of methoxy groups -OCH3 is 1. The Kier molecular flexibility index (Phi) is 5.13. The average molecular weight is 373 g/mol. The van der Waals surface area contributed by atoms with Gasteiger partial charge >= 0.3 is 5.97 Å². The van der Waals surface area contributed by atoms with Crippen LogP contribution in [-0.4, -0.2) is 19.7 Å². The lowest BCUT2D eigenvalue weighted by Gasteiger charge is -2.27. The van der Waals surface area contributed by atoms with Gasteiger partial charge in [-0.3, -0.25) is 9.63 Å². The first-order chi connectivity index (χ1) is 13.7. The SMILES string of the molecule is COC(=O)C1CON(c2ccc(C)cc2)C1c1ccc(-c2ccccc2)cc1. The molecule has 0 aliphatic carbocycles. The van der Waals surface area contributed by atoms with Crippen molar-refractivity contribution in [3.63, 3.8) is 0 Å². The summed E-state index contributed by atoms with van der Waals surface area (Å²) < 4.78 is 5.04. The normalized spacial score (nSPS) is 18.9. The fourth-order valence-corrected chi connectivity index (χ4v) is 3.64. The van der Waals surface area contributed by atoms with E-state index in [1.54, 1.807) is 0 Å². The largest absolute Gasteiger partial charge is 0.469 e. The molecule has 0 N–H and O–H groups in total. The Balaban J connectivity index is 1.69. The monoisotopic (exact) mass is 373 g/mol. The first-order valence-electron chi connectivity index (χ1n) is 9.39. The van der Waals surface area contributed by atoms with Crippen molar-refractivity contribution in [1.82, 2.24) is 0 Å². The zero-order chi connectivity index (χ0) is 19.5. The highest BCUT2D eigenvalue weighted by molar-refractivity contribution is 5.75. The molecule has 0 amide bonds. The van der Waals surface area contributed by atoms with Gasteiger partial charge in [0.25, 0.3) is 0 Å². The van der Waals surface area contributed by atoms with Crippen LogP contribution < -0.4 is 5.06 Å². The number of benzene rings is 3. The van der Waals surface area contributed by atoms with E-state index < -0.39 is 0 Å². The molecule has 2 atom stereocenters. The molecule has 3 aromatic rings. The Labute approximate surface area is 165 Å². The van der Waals surface area contributed by atoms with Crippen LogP contribution in [0.15, 0.2) is 78.9 Å². The number of hydroxylamine groups is 1. The van der Waals surface area contributed by atoms with E-state index in [1.807, 2.05) is 54.5 Å². The fourth-order valence-electron chi connectivity index (χ4n) is 3.64. The van der Waals surface area contributed by atoms with Gasteiger partial charge in [0.15, 0.2) is 0 Å². The van der Waals surface area contributed by atoms with E-state index in [-0.39, 0.29) is 17.9 Å². The molecule has 0 aromatic heterocycles. The van der Waals surface area contributed by atoms with E-state index in [0.717, 1.165) is 22.4 Å². The van der Waals surface area contributed by atoms with Crippen LogP contribution in [-0.2, 0) is 14.4 Å². The zero-order valence-electron chi connectivity index (χ0n) is 16.0. The first-order valence-corrected chi connectivity index (χ1v) is 9.39. The third-order valence-corrected chi connectivity index (χ3v) is 5.18. The number of carbonyl (C=O) groups excluding carboxylic acids is 1. The molecule has 1 aliphatic heterocycles. The molecule has 1 saturated heterocycles. The summed E-state index contributed by atoms with van der Waals surface area (Å²) in [7, 11) is 1.42. The molecule has 3 aromatic carbocycles. The van der Waals surface area contributed by atoms with Crippen molar-refractivity contribution >= 4 is 11.7 Å². The molecule has 2 unspecified atom stereocenters. The Bertz CT molecular complexity index is 936. The topological polar surface area (TPSA) is 38.8 Å². The van der Waals surface area contributed by atoms with Crippen LogP contribution in [0, 0.1) is 12.8 Å². The van der Waals surface area contributed by atoms with E-state index >= 15 is 0 Å². The smallest absolute Gasteiger partial charge is 0.313 e. The maximum atomic E-state index is 12.4. The molecule has 0 bridgehead atoms. The van der Waals surface area contributed by atoms with Gasteiger partial charge in [-0.05, 0) is 35.7 Å². The van der Waals surface area contributed by atoms with Crippen molar-refractivity contribution in [3.8, 4) is 11.1 Å². The Morgan fingerprint density at radius 2 is 1.57 bits per heavy atom. The van der Waals surface area contributed by atoms with Gasteiger partial charge in [0.05, 0.1) is 25.4 Å². The van der Waals surface area contributed by atoms with Gasteiger partial charge in [0.2, 0.25) is 0 Å². The molecule has 0 saturated carbocycles. The molecule has 4 nitrogen and oxygen atoms in total. The zero-order valence-corrected chi connectivity index (χ0v) is 16.0. The number of ether oxygens (including phenoxy) is 1. The summed E-state index contributed by atoms with van der Waals surface area (Å²) in [4.78, 5) is 18.3. The molecule has 1 heterocycles. The van der Waals surface area contributed by atoms with E-state index in [4.69, 9.17) is 9.57 Å². The number of rotatable bonds is 4. The minimum atomic E-state index is -0.381. The molecule has 4 heteroatoms. The maximum Gasteiger partial charge on any atom is 0.313 e. The van der Waals surface area contributed by atoms with Crippen molar-refractivity contribution < 1.29 is 14.4 Å². The van der Waals surface area contributed by atoms with Crippen molar-refractivity contribution in [2.75, 3.05) is 18.8 Å². The molecule has 142 valence electrons. The second-order valence-electron chi connectivity index (χ2n) is 7.02. The van der Waals surface area contributed by atoms with Crippen LogP contribution in [0.2, 0.25) is 0 Å². The van der Waals surface area contributed by atoms with Gasteiger partial charge in [-0.15, -0.1) is 0 Å². The quantitative estimate of drug-likeness (QED) is 0.607. The van der Waals surface area contributed by atoms with Crippen molar-refractivity contribution in [3.05, 3.63) is 90.0 Å². The van der Waals surface area contributed by atoms with Gasteiger partial charge < -0.3 is 4.74 Å². The number of carbonyl (C=O) groups is 1. The number of anilines is 1. The van der Waals surface area contributed by atoms with Crippen molar-refractivity contribution in [1.29, 1.82) is 0 Å². The highest BCUT2D eigenvalue weighted by atomic mass is 16.7. The van der Waals surface area contributed by atoms with Gasteiger partial charge in [-0.25, -0.2) is 5.06 Å². The molecule has 1 fully saturated rings. The highest BCUT2D eigenvalue weighted by Gasteiger charge is 2.42. The van der Waals surface area contributed by atoms with Crippen molar-refractivity contribution in [2.24, 2.45) is 5.92 Å². The Hall–Kier alpha value is -3.11. The van der Waals surface area contributed by atoms with Crippen molar-refractivity contribution in [2.45, 2.75) is 13.0 Å². The molecule has 1 aliphatic rings. The second kappa shape index (κ2) is 7.87. The lowest BCUT2D eigenvalue weighted by atomic mass is 9.92. The third-order valence-electron chi connectivity index (χ3n) is 5.18. The minimum Gasteiger partial charge on any atom is -0.469 e. The molecule has 4 rings (SSSR count). The summed E-state index contributed by atoms with van der Waals surface area (Å²) in [6.45, 7) is 2.34. The van der Waals surface area contributed by atoms with Gasteiger partial charge in [-0.2, -0.15) is 0 Å². The summed E-state index contributed by atoms with van der Waals surface area (Å²) in [6, 6.07) is 26.4. The number of nitrogens with zero attached hydrogens (tertiary/aromatic N) is 1. The van der Waals surface area contributed by atoms with E-state index in [9.17, 15) is 4.79 Å². The molecule has 28 heavy (non-hydrogen) atoms. The summed E-state index contributed by atoms with van der Waals surface area (Å²) in [6.07, 6.45) is 0. The van der Waals surface area contributed by atoms with E-state index in [0.29, 0.717) is 6.61 Å². The van der Waals surface area contributed by atoms with E-state index in [2.05, 4.69) is 36.4 Å². The third kappa shape index (κ3) is 3.51. The lowest BCUT2D eigenvalue weighted by molar-refractivity contribution is -0.145. The standard InChI is InChI=1S/C24H23NO3/c1-17-8-14-21(15-9-17)25-23(22(16-28-25)24(26)27-2)20-12-10-19(11-13-20)18-6-4-3-5-7-18/h3-15,22-23H,16H2,1-2H3. The van der Waals surface area contributed by atoms with Gasteiger partial charge in [0.1, 0.15) is 5.92 Å². The average Bonchev–Trinajstić information content (AvgIpc) is 3.19. The number of esters is 1. The van der Waals surface area contributed by atoms with Crippen LogP contribution in [0.5, 0.6) is 0 Å². The predicted molar refractivity (Wildman–Crippen MR) is 110 cm³/mol. The molecule has 0 radical (unpaired) electrons.